The number of rotatable bonds is 2. The lowest BCUT2D eigenvalue weighted by Crippen LogP contribution is -2.54. The van der Waals surface area contributed by atoms with Gasteiger partial charge in [-0.1, -0.05) is 30.3 Å². The van der Waals surface area contributed by atoms with E-state index in [1.54, 1.807) is 0 Å². The van der Waals surface area contributed by atoms with E-state index in [0.29, 0.717) is 0 Å². The van der Waals surface area contributed by atoms with Crippen LogP contribution in [0, 0.1) is 5.92 Å². The first-order valence-corrected chi connectivity index (χ1v) is 5.42. The Morgan fingerprint density at radius 1 is 1.21 bits per heavy atom. The highest BCUT2D eigenvalue weighted by atomic mass is 15.3. The molecule has 3 rings (SSSR count). The predicted octanol–water partition coefficient (Wildman–Crippen LogP) is 1.09. The molecule has 0 amide bonds. The SMILES string of the molecule is c1ccc(CN2CC3CNCC32)cc1. The van der Waals surface area contributed by atoms with Gasteiger partial charge in [0, 0.05) is 38.1 Å². The molecule has 0 aliphatic carbocycles. The largest absolute Gasteiger partial charge is 0.315 e. The van der Waals surface area contributed by atoms with Gasteiger partial charge in [0.2, 0.25) is 0 Å². The molecule has 0 saturated carbocycles. The van der Waals surface area contributed by atoms with E-state index >= 15 is 0 Å². The van der Waals surface area contributed by atoms with Gasteiger partial charge in [0.15, 0.2) is 0 Å². The highest BCUT2D eigenvalue weighted by Gasteiger charge is 2.41. The molecule has 1 N–H and O–H groups in total. The van der Waals surface area contributed by atoms with Crippen molar-refractivity contribution in [1.82, 2.24) is 10.2 Å². The third-order valence-electron chi connectivity index (χ3n) is 3.47. The van der Waals surface area contributed by atoms with Crippen molar-refractivity contribution < 1.29 is 0 Å². The molecule has 2 atom stereocenters. The van der Waals surface area contributed by atoms with Crippen LogP contribution < -0.4 is 5.32 Å². The summed E-state index contributed by atoms with van der Waals surface area (Å²) in [6.07, 6.45) is 0. The van der Waals surface area contributed by atoms with E-state index in [4.69, 9.17) is 0 Å². The quantitative estimate of drug-likeness (QED) is 0.747. The van der Waals surface area contributed by atoms with Gasteiger partial charge in [0.25, 0.3) is 0 Å². The minimum Gasteiger partial charge on any atom is -0.315 e. The minimum atomic E-state index is 0.815. The number of likely N-dealkylation sites (tertiary alicyclic amines) is 1. The molecule has 2 saturated heterocycles. The second kappa shape index (κ2) is 3.37. The van der Waals surface area contributed by atoms with Crippen molar-refractivity contribution in [2.24, 2.45) is 5.92 Å². The molecule has 0 aromatic heterocycles. The van der Waals surface area contributed by atoms with E-state index in [-0.39, 0.29) is 0 Å². The molecule has 0 spiro atoms. The van der Waals surface area contributed by atoms with Crippen molar-refractivity contribution in [3.05, 3.63) is 35.9 Å². The van der Waals surface area contributed by atoms with Gasteiger partial charge in [0.05, 0.1) is 0 Å². The summed E-state index contributed by atoms with van der Waals surface area (Å²) < 4.78 is 0. The van der Waals surface area contributed by atoms with Crippen LogP contribution in [0.25, 0.3) is 0 Å². The molecule has 1 aromatic carbocycles. The normalized spacial score (nSPS) is 31.1. The van der Waals surface area contributed by atoms with Gasteiger partial charge in [-0.25, -0.2) is 0 Å². The first-order valence-electron chi connectivity index (χ1n) is 5.42. The van der Waals surface area contributed by atoms with Gasteiger partial charge in [0.1, 0.15) is 0 Å². The van der Waals surface area contributed by atoms with Crippen LogP contribution >= 0.6 is 0 Å². The molecule has 2 heterocycles. The summed E-state index contributed by atoms with van der Waals surface area (Å²) in [5, 5.41) is 3.46. The van der Waals surface area contributed by atoms with E-state index in [0.717, 1.165) is 18.5 Å². The molecule has 0 radical (unpaired) electrons. The third-order valence-corrected chi connectivity index (χ3v) is 3.47. The zero-order valence-corrected chi connectivity index (χ0v) is 8.32. The lowest BCUT2D eigenvalue weighted by atomic mass is 9.91. The number of hydrogen-bond acceptors (Lipinski definition) is 2. The zero-order chi connectivity index (χ0) is 9.38. The first-order chi connectivity index (χ1) is 6.93. The summed E-state index contributed by atoms with van der Waals surface area (Å²) in [5.74, 6) is 0.929. The molecule has 2 heteroatoms. The standard InChI is InChI=1S/C12H16N2/c1-2-4-10(5-3-1)8-14-9-11-6-13-7-12(11)14/h1-5,11-13H,6-9H2. The molecule has 2 unspecified atom stereocenters. The maximum atomic E-state index is 3.46. The van der Waals surface area contributed by atoms with Crippen molar-refractivity contribution in [3.8, 4) is 0 Å². The predicted molar refractivity (Wildman–Crippen MR) is 57.0 cm³/mol. The van der Waals surface area contributed by atoms with Gasteiger partial charge < -0.3 is 5.32 Å². The summed E-state index contributed by atoms with van der Waals surface area (Å²) >= 11 is 0. The van der Waals surface area contributed by atoms with E-state index in [1.807, 2.05) is 0 Å². The summed E-state index contributed by atoms with van der Waals surface area (Å²) in [4.78, 5) is 2.58. The van der Waals surface area contributed by atoms with Gasteiger partial charge in [-0.3, -0.25) is 4.90 Å². The van der Waals surface area contributed by atoms with E-state index in [2.05, 4.69) is 40.5 Å². The molecule has 0 bridgehead atoms. The third kappa shape index (κ3) is 1.35. The molecular weight excluding hydrogens is 172 g/mol. The first kappa shape index (κ1) is 8.45. The molecule has 74 valence electrons. The van der Waals surface area contributed by atoms with Crippen molar-refractivity contribution in [2.75, 3.05) is 19.6 Å². The Balaban J connectivity index is 1.64. The van der Waals surface area contributed by atoms with Crippen LogP contribution in [0.4, 0.5) is 0 Å². The number of hydrogen-bond donors (Lipinski definition) is 1. The smallest absolute Gasteiger partial charge is 0.0276 e. The molecule has 2 aliphatic heterocycles. The Bertz CT molecular complexity index is 309. The maximum Gasteiger partial charge on any atom is 0.0276 e. The van der Waals surface area contributed by atoms with Crippen LogP contribution in [-0.2, 0) is 6.54 Å². The minimum absolute atomic E-state index is 0.815. The van der Waals surface area contributed by atoms with E-state index in [9.17, 15) is 0 Å². The van der Waals surface area contributed by atoms with Gasteiger partial charge in [-0.05, 0) is 5.56 Å². The lowest BCUT2D eigenvalue weighted by Gasteiger charge is -2.43. The fourth-order valence-corrected chi connectivity index (χ4v) is 2.63. The average molecular weight is 188 g/mol. The second-order valence-corrected chi connectivity index (χ2v) is 4.40. The van der Waals surface area contributed by atoms with Crippen LogP contribution in [0.15, 0.2) is 30.3 Å². The Morgan fingerprint density at radius 3 is 2.86 bits per heavy atom. The fourth-order valence-electron chi connectivity index (χ4n) is 2.63. The molecule has 1 aromatic rings. The fraction of sp³-hybridized carbons (Fsp3) is 0.500. The average Bonchev–Trinajstić information content (AvgIpc) is 2.58. The molecular formula is C12H16N2. The second-order valence-electron chi connectivity index (χ2n) is 4.40. The molecule has 14 heavy (non-hydrogen) atoms. The number of benzene rings is 1. The maximum absolute atomic E-state index is 3.46. The highest BCUT2D eigenvalue weighted by molar-refractivity contribution is 5.16. The summed E-state index contributed by atoms with van der Waals surface area (Å²) in [6.45, 7) is 4.84. The molecule has 2 aliphatic rings. The summed E-state index contributed by atoms with van der Waals surface area (Å²) in [7, 11) is 0. The van der Waals surface area contributed by atoms with Crippen LogP contribution in [0.5, 0.6) is 0 Å². The Kier molecular flexibility index (Phi) is 2.03. The van der Waals surface area contributed by atoms with E-state index in [1.165, 1.54) is 25.2 Å². The van der Waals surface area contributed by atoms with Crippen LogP contribution in [0.3, 0.4) is 0 Å². The van der Waals surface area contributed by atoms with Gasteiger partial charge >= 0.3 is 0 Å². The summed E-state index contributed by atoms with van der Waals surface area (Å²) in [5.41, 5.74) is 1.44. The van der Waals surface area contributed by atoms with Crippen molar-refractivity contribution in [2.45, 2.75) is 12.6 Å². The van der Waals surface area contributed by atoms with Gasteiger partial charge in [-0.15, -0.1) is 0 Å². The van der Waals surface area contributed by atoms with Crippen molar-refractivity contribution in [3.63, 3.8) is 0 Å². The monoisotopic (exact) mass is 188 g/mol. The number of nitrogens with zero attached hydrogens (tertiary/aromatic N) is 1. The molecule has 2 fully saturated rings. The number of nitrogens with one attached hydrogen (secondary N) is 1. The van der Waals surface area contributed by atoms with Crippen LogP contribution in [0.2, 0.25) is 0 Å². The van der Waals surface area contributed by atoms with Crippen molar-refractivity contribution in [1.29, 1.82) is 0 Å². The van der Waals surface area contributed by atoms with Crippen molar-refractivity contribution >= 4 is 0 Å². The van der Waals surface area contributed by atoms with Gasteiger partial charge in [-0.2, -0.15) is 0 Å². The highest BCUT2D eigenvalue weighted by Crippen LogP contribution is 2.29. The summed E-state index contributed by atoms with van der Waals surface area (Å²) in [6, 6.07) is 11.6. The van der Waals surface area contributed by atoms with E-state index < -0.39 is 0 Å². The molecule has 2 nitrogen and oxygen atoms in total. The zero-order valence-electron chi connectivity index (χ0n) is 8.32. The Hall–Kier alpha value is -0.860. The Labute approximate surface area is 84.9 Å². The number of fused-ring (bicyclic) bond motifs is 1. The van der Waals surface area contributed by atoms with Crippen LogP contribution in [-0.4, -0.2) is 30.6 Å². The lowest BCUT2D eigenvalue weighted by molar-refractivity contribution is 0.0436. The Morgan fingerprint density at radius 2 is 2.07 bits per heavy atom. The van der Waals surface area contributed by atoms with Crippen LogP contribution in [0.1, 0.15) is 5.56 Å². The topological polar surface area (TPSA) is 15.3 Å².